The minimum absolute atomic E-state index is 0.140. The molecule has 0 aliphatic rings. The first-order valence-electron chi connectivity index (χ1n) is 5.22. The molecule has 1 aromatic carbocycles. The smallest absolute Gasteiger partial charge is 0.339 e. The van der Waals surface area contributed by atoms with E-state index in [1.165, 1.54) is 6.20 Å². The third-order valence-electron chi connectivity index (χ3n) is 2.52. The molecule has 1 heterocycles. The summed E-state index contributed by atoms with van der Waals surface area (Å²) in [6.07, 6.45) is 1.35. The van der Waals surface area contributed by atoms with Gasteiger partial charge in [-0.25, -0.2) is 14.8 Å². The molecule has 2 rings (SSSR count). The van der Waals surface area contributed by atoms with Crippen molar-refractivity contribution >= 4 is 5.97 Å². The van der Waals surface area contributed by atoms with Crippen molar-refractivity contribution in [3.63, 3.8) is 0 Å². The molecule has 2 aromatic rings. The van der Waals surface area contributed by atoms with Gasteiger partial charge in [0.05, 0.1) is 11.3 Å². The molecule has 0 amide bonds. The van der Waals surface area contributed by atoms with Crippen LogP contribution in [0.2, 0.25) is 0 Å². The Labute approximate surface area is 99.0 Å². The molecule has 86 valence electrons. The summed E-state index contributed by atoms with van der Waals surface area (Å²) in [4.78, 5) is 19.1. The van der Waals surface area contributed by atoms with Gasteiger partial charge in [-0.2, -0.15) is 0 Å². The molecule has 0 spiro atoms. The van der Waals surface area contributed by atoms with Crippen molar-refractivity contribution in [2.24, 2.45) is 0 Å². The Balaban J connectivity index is 2.44. The molecule has 0 fully saturated rings. The van der Waals surface area contributed by atoms with Gasteiger partial charge in [0.25, 0.3) is 0 Å². The zero-order chi connectivity index (χ0) is 12.4. The minimum Gasteiger partial charge on any atom is -0.478 e. The highest BCUT2D eigenvalue weighted by molar-refractivity contribution is 5.88. The Bertz CT molecular complexity index is 562. The van der Waals surface area contributed by atoms with Crippen LogP contribution in [0.3, 0.4) is 0 Å². The second-order valence-electron chi connectivity index (χ2n) is 3.86. The van der Waals surface area contributed by atoms with Gasteiger partial charge in [-0.05, 0) is 13.8 Å². The molecule has 0 aliphatic carbocycles. The summed E-state index contributed by atoms with van der Waals surface area (Å²) in [5.41, 5.74) is 2.66. The summed E-state index contributed by atoms with van der Waals surface area (Å²) in [5.74, 6) is -0.453. The zero-order valence-corrected chi connectivity index (χ0v) is 9.64. The van der Waals surface area contributed by atoms with Crippen molar-refractivity contribution in [1.82, 2.24) is 9.97 Å². The van der Waals surface area contributed by atoms with Crippen LogP contribution in [-0.2, 0) is 0 Å². The maximum atomic E-state index is 10.8. The van der Waals surface area contributed by atoms with E-state index in [2.05, 4.69) is 9.97 Å². The lowest BCUT2D eigenvalue weighted by Crippen LogP contribution is -2.04. The average Bonchev–Trinajstić information content (AvgIpc) is 2.29. The molecular formula is C13H12N2O2. The van der Waals surface area contributed by atoms with Gasteiger partial charge < -0.3 is 5.11 Å². The predicted octanol–water partition coefficient (Wildman–Crippen LogP) is 2.46. The van der Waals surface area contributed by atoms with E-state index in [0.717, 1.165) is 11.1 Å². The lowest BCUT2D eigenvalue weighted by atomic mass is 10.1. The number of nitrogens with zero attached hydrogens (tertiary/aromatic N) is 2. The number of carboxylic acids is 1. The van der Waals surface area contributed by atoms with Crippen LogP contribution in [-0.4, -0.2) is 21.0 Å². The van der Waals surface area contributed by atoms with E-state index in [1.54, 1.807) is 6.92 Å². The number of carbonyl (C=O) groups is 1. The van der Waals surface area contributed by atoms with Crippen LogP contribution in [0.15, 0.2) is 30.5 Å². The van der Waals surface area contributed by atoms with Crippen LogP contribution in [0.4, 0.5) is 0 Å². The van der Waals surface area contributed by atoms with E-state index in [0.29, 0.717) is 11.5 Å². The van der Waals surface area contributed by atoms with Crippen molar-refractivity contribution in [3.05, 3.63) is 47.3 Å². The molecule has 4 nitrogen and oxygen atoms in total. The lowest BCUT2D eigenvalue weighted by molar-refractivity contribution is 0.0695. The molecule has 0 saturated carbocycles. The largest absolute Gasteiger partial charge is 0.478 e. The number of carboxylic acid groups (broad SMARTS) is 1. The fraction of sp³-hybridized carbons (Fsp3) is 0.154. The monoisotopic (exact) mass is 228 g/mol. The van der Waals surface area contributed by atoms with Gasteiger partial charge in [-0.1, -0.05) is 29.8 Å². The van der Waals surface area contributed by atoms with Crippen molar-refractivity contribution in [3.8, 4) is 11.4 Å². The fourth-order valence-electron chi connectivity index (χ4n) is 1.52. The zero-order valence-electron chi connectivity index (χ0n) is 9.64. The molecule has 0 saturated heterocycles. The number of hydrogen-bond acceptors (Lipinski definition) is 3. The number of aromatic nitrogens is 2. The highest BCUT2D eigenvalue weighted by Gasteiger charge is 2.10. The maximum Gasteiger partial charge on any atom is 0.339 e. The molecule has 17 heavy (non-hydrogen) atoms. The molecule has 4 heteroatoms. The number of benzene rings is 1. The van der Waals surface area contributed by atoms with Gasteiger partial charge in [-0.3, -0.25) is 0 Å². The Morgan fingerprint density at radius 2 is 1.82 bits per heavy atom. The third kappa shape index (κ3) is 2.30. The van der Waals surface area contributed by atoms with Crippen LogP contribution in [0, 0.1) is 13.8 Å². The van der Waals surface area contributed by atoms with Crippen LogP contribution < -0.4 is 0 Å². The Kier molecular flexibility index (Phi) is 2.87. The van der Waals surface area contributed by atoms with E-state index >= 15 is 0 Å². The molecule has 0 bridgehead atoms. The summed E-state index contributed by atoms with van der Waals surface area (Å²) >= 11 is 0. The van der Waals surface area contributed by atoms with Crippen LogP contribution in [0.1, 0.15) is 21.6 Å². The van der Waals surface area contributed by atoms with Crippen molar-refractivity contribution in [1.29, 1.82) is 0 Å². The van der Waals surface area contributed by atoms with E-state index < -0.39 is 5.97 Å². The summed E-state index contributed by atoms with van der Waals surface area (Å²) in [6, 6.07) is 7.79. The minimum atomic E-state index is -1.00. The van der Waals surface area contributed by atoms with E-state index in [9.17, 15) is 4.79 Å². The number of hydrogen-bond donors (Lipinski definition) is 1. The van der Waals surface area contributed by atoms with E-state index in [1.807, 2.05) is 31.2 Å². The first-order chi connectivity index (χ1) is 8.08. The Morgan fingerprint density at radius 3 is 2.35 bits per heavy atom. The molecule has 1 aromatic heterocycles. The summed E-state index contributed by atoms with van der Waals surface area (Å²) in [5, 5.41) is 8.88. The quantitative estimate of drug-likeness (QED) is 0.857. The van der Waals surface area contributed by atoms with E-state index in [4.69, 9.17) is 5.11 Å². The van der Waals surface area contributed by atoms with Crippen LogP contribution >= 0.6 is 0 Å². The van der Waals surface area contributed by atoms with Gasteiger partial charge in [0.1, 0.15) is 0 Å². The maximum absolute atomic E-state index is 10.8. The van der Waals surface area contributed by atoms with Crippen LogP contribution in [0.5, 0.6) is 0 Å². The summed E-state index contributed by atoms with van der Waals surface area (Å²) in [6.45, 7) is 3.67. The van der Waals surface area contributed by atoms with Gasteiger partial charge >= 0.3 is 5.97 Å². The summed E-state index contributed by atoms with van der Waals surface area (Å²) in [7, 11) is 0. The topological polar surface area (TPSA) is 63.1 Å². The average molecular weight is 228 g/mol. The highest BCUT2D eigenvalue weighted by atomic mass is 16.4. The normalized spacial score (nSPS) is 10.2. The number of aromatic carboxylic acids is 1. The van der Waals surface area contributed by atoms with Crippen molar-refractivity contribution < 1.29 is 9.90 Å². The van der Waals surface area contributed by atoms with Crippen molar-refractivity contribution in [2.45, 2.75) is 13.8 Å². The van der Waals surface area contributed by atoms with Gasteiger partial charge in [0.2, 0.25) is 0 Å². The third-order valence-corrected chi connectivity index (χ3v) is 2.52. The molecule has 0 aliphatic heterocycles. The van der Waals surface area contributed by atoms with Gasteiger partial charge in [-0.15, -0.1) is 0 Å². The number of aryl methyl sites for hydroxylation is 2. The highest BCUT2D eigenvalue weighted by Crippen LogP contribution is 2.16. The van der Waals surface area contributed by atoms with Crippen molar-refractivity contribution in [2.75, 3.05) is 0 Å². The van der Waals surface area contributed by atoms with Gasteiger partial charge in [0.15, 0.2) is 5.82 Å². The SMILES string of the molecule is Cc1ccc(-c2ncc(C(=O)O)c(C)n2)cc1. The fourth-order valence-corrected chi connectivity index (χ4v) is 1.52. The second kappa shape index (κ2) is 4.33. The lowest BCUT2D eigenvalue weighted by Gasteiger charge is -2.04. The van der Waals surface area contributed by atoms with E-state index in [-0.39, 0.29) is 5.56 Å². The second-order valence-corrected chi connectivity index (χ2v) is 3.86. The molecular weight excluding hydrogens is 216 g/mol. The first-order valence-corrected chi connectivity index (χ1v) is 5.22. The summed E-state index contributed by atoms with van der Waals surface area (Å²) < 4.78 is 0. The number of rotatable bonds is 2. The molecule has 1 N–H and O–H groups in total. The molecule has 0 unspecified atom stereocenters. The van der Waals surface area contributed by atoms with Crippen LogP contribution in [0.25, 0.3) is 11.4 Å². The standard InChI is InChI=1S/C13H12N2O2/c1-8-3-5-10(6-4-8)12-14-7-11(13(16)17)9(2)15-12/h3-7H,1-2H3,(H,16,17). The van der Waals surface area contributed by atoms with Gasteiger partial charge in [0, 0.05) is 11.8 Å². The first kappa shape index (κ1) is 11.3. The Morgan fingerprint density at radius 1 is 1.18 bits per heavy atom. The predicted molar refractivity (Wildman–Crippen MR) is 63.9 cm³/mol. The molecule has 0 radical (unpaired) electrons. The Hall–Kier alpha value is -2.23. The molecule has 0 atom stereocenters.